The number of nitrogen functional groups attached to an aromatic ring is 1. The molecule has 0 aliphatic carbocycles. The number of rotatable bonds is 2. The monoisotopic (exact) mass is 190 g/mol. The van der Waals surface area contributed by atoms with Gasteiger partial charge < -0.3 is 4.74 Å². The summed E-state index contributed by atoms with van der Waals surface area (Å²) < 4.78 is 8.51. The van der Waals surface area contributed by atoms with Gasteiger partial charge in [-0.15, -0.1) is 4.68 Å². The van der Waals surface area contributed by atoms with Crippen molar-refractivity contribution in [2.75, 3.05) is 13.0 Å². The molecular formula is C10H12N3O+. The van der Waals surface area contributed by atoms with E-state index < -0.39 is 0 Å². The Hall–Kier alpha value is -1.97. The van der Waals surface area contributed by atoms with Crippen LogP contribution in [0.25, 0.3) is 5.69 Å². The molecule has 0 atom stereocenters. The SMILES string of the molecule is COc1ccc(-[n+]2ccn(N)c2)cc1. The topological polar surface area (TPSA) is 44.1 Å². The molecule has 1 aromatic carbocycles. The molecular weight excluding hydrogens is 178 g/mol. The fourth-order valence-corrected chi connectivity index (χ4v) is 1.28. The standard InChI is InChI=1S/C10H12N3O/c1-14-10-4-2-9(3-5-10)12-6-7-13(11)8-12/h2-8H,11H2,1H3/q+1. The maximum Gasteiger partial charge on any atom is 0.272 e. The van der Waals surface area contributed by atoms with Crippen molar-refractivity contribution in [3.63, 3.8) is 0 Å². The highest BCUT2D eigenvalue weighted by Crippen LogP contribution is 2.10. The molecule has 4 nitrogen and oxygen atoms in total. The van der Waals surface area contributed by atoms with Gasteiger partial charge in [0.05, 0.1) is 7.11 Å². The summed E-state index contributed by atoms with van der Waals surface area (Å²) in [7, 11) is 1.65. The van der Waals surface area contributed by atoms with Crippen molar-refractivity contribution < 1.29 is 9.30 Å². The summed E-state index contributed by atoms with van der Waals surface area (Å²) in [5, 5.41) is 0. The molecule has 1 heterocycles. The second-order valence-corrected chi connectivity index (χ2v) is 2.97. The van der Waals surface area contributed by atoms with Crippen LogP contribution in [0.1, 0.15) is 0 Å². The Kier molecular flexibility index (Phi) is 2.10. The second kappa shape index (κ2) is 3.41. The van der Waals surface area contributed by atoms with Crippen molar-refractivity contribution >= 4 is 0 Å². The lowest BCUT2D eigenvalue weighted by Crippen LogP contribution is -2.28. The van der Waals surface area contributed by atoms with Crippen molar-refractivity contribution in [1.29, 1.82) is 0 Å². The quantitative estimate of drug-likeness (QED) is 0.553. The molecule has 72 valence electrons. The predicted molar refractivity (Wildman–Crippen MR) is 52.7 cm³/mol. The normalized spacial score (nSPS) is 10.1. The van der Waals surface area contributed by atoms with Crippen molar-refractivity contribution in [3.8, 4) is 11.4 Å². The summed E-state index contributed by atoms with van der Waals surface area (Å²) in [6.07, 6.45) is 5.47. The molecule has 0 radical (unpaired) electrons. The third-order valence-corrected chi connectivity index (χ3v) is 2.03. The van der Waals surface area contributed by atoms with E-state index in [1.807, 2.05) is 35.0 Å². The van der Waals surface area contributed by atoms with Crippen molar-refractivity contribution in [2.45, 2.75) is 0 Å². The number of aromatic nitrogens is 2. The first-order valence-corrected chi connectivity index (χ1v) is 4.28. The summed E-state index contributed by atoms with van der Waals surface area (Å²) in [6.45, 7) is 0. The number of nitrogens with zero attached hydrogens (tertiary/aromatic N) is 2. The van der Waals surface area contributed by atoms with E-state index in [4.69, 9.17) is 10.6 Å². The summed E-state index contributed by atoms with van der Waals surface area (Å²) in [4.78, 5) is 0. The zero-order chi connectivity index (χ0) is 9.97. The van der Waals surface area contributed by atoms with Gasteiger partial charge in [0.25, 0.3) is 6.33 Å². The summed E-state index contributed by atoms with van der Waals surface area (Å²) in [5.74, 6) is 6.39. The van der Waals surface area contributed by atoms with Gasteiger partial charge >= 0.3 is 0 Å². The highest BCUT2D eigenvalue weighted by molar-refractivity contribution is 5.31. The number of ether oxygens (including phenoxy) is 1. The van der Waals surface area contributed by atoms with E-state index in [0.29, 0.717) is 0 Å². The largest absolute Gasteiger partial charge is 0.497 e. The van der Waals surface area contributed by atoms with Crippen LogP contribution in [0.3, 0.4) is 0 Å². The van der Waals surface area contributed by atoms with Gasteiger partial charge in [0, 0.05) is 0 Å². The fraction of sp³-hybridized carbons (Fsp3) is 0.100. The first-order valence-electron chi connectivity index (χ1n) is 4.28. The molecule has 0 amide bonds. The lowest BCUT2D eigenvalue weighted by atomic mass is 10.3. The van der Waals surface area contributed by atoms with E-state index in [1.165, 1.54) is 4.68 Å². The lowest BCUT2D eigenvalue weighted by Gasteiger charge is -1.99. The smallest absolute Gasteiger partial charge is 0.272 e. The molecule has 14 heavy (non-hydrogen) atoms. The van der Waals surface area contributed by atoms with Gasteiger partial charge in [0.2, 0.25) is 0 Å². The van der Waals surface area contributed by atoms with E-state index in [2.05, 4.69) is 0 Å². The number of benzene rings is 1. The van der Waals surface area contributed by atoms with Crippen LogP contribution in [0.2, 0.25) is 0 Å². The van der Waals surface area contributed by atoms with Crippen LogP contribution in [0.4, 0.5) is 0 Å². The Bertz CT molecular complexity index is 419. The molecule has 1 aromatic heterocycles. The number of hydrogen-bond donors (Lipinski definition) is 1. The minimum Gasteiger partial charge on any atom is -0.497 e. The Morgan fingerprint density at radius 3 is 2.50 bits per heavy atom. The molecule has 2 aromatic rings. The van der Waals surface area contributed by atoms with Crippen molar-refractivity contribution in [3.05, 3.63) is 43.0 Å². The minimum atomic E-state index is 0.849. The Balaban J connectivity index is 2.33. The number of nitrogens with two attached hydrogens (primary N) is 1. The summed E-state index contributed by atoms with van der Waals surface area (Å²) in [5.41, 5.74) is 1.05. The molecule has 0 bridgehead atoms. The van der Waals surface area contributed by atoms with Gasteiger partial charge in [-0.1, -0.05) is 0 Å². The molecule has 0 unspecified atom stereocenters. The van der Waals surface area contributed by atoms with Crippen LogP contribution in [0.15, 0.2) is 43.0 Å². The van der Waals surface area contributed by atoms with E-state index >= 15 is 0 Å². The van der Waals surface area contributed by atoms with E-state index in [9.17, 15) is 0 Å². The maximum absolute atomic E-state index is 5.54. The van der Waals surface area contributed by atoms with Crippen LogP contribution in [-0.2, 0) is 0 Å². The van der Waals surface area contributed by atoms with Gasteiger partial charge in [-0.05, 0) is 24.3 Å². The molecule has 0 saturated carbocycles. The number of imidazole rings is 1. The Morgan fingerprint density at radius 2 is 2.00 bits per heavy atom. The Morgan fingerprint density at radius 1 is 1.29 bits per heavy atom. The zero-order valence-corrected chi connectivity index (χ0v) is 7.92. The first kappa shape index (κ1) is 8.62. The van der Waals surface area contributed by atoms with Crippen LogP contribution < -0.4 is 15.1 Å². The third-order valence-electron chi connectivity index (χ3n) is 2.03. The van der Waals surface area contributed by atoms with E-state index in [-0.39, 0.29) is 0 Å². The minimum absolute atomic E-state index is 0.849. The van der Waals surface area contributed by atoms with E-state index in [1.54, 1.807) is 19.6 Å². The van der Waals surface area contributed by atoms with Crippen molar-refractivity contribution in [1.82, 2.24) is 4.68 Å². The molecule has 0 spiro atoms. The van der Waals surface area contributed by atoms with Crippen molar-refractivity contribution in [2.24, 2.45) is 0 Å². The van der Waals surface area contributed by atoms with Gasteiger partial charge in [-0.3, -0.25) is 5.84 Å². The van der Waals surface area contributed by atoms with Gasteiger partial charge in [-0.2, -0.15) is 0 Å². The van der Waals surface area contributed by atoms with Gasteiger partial charge in [0.1, 0.15) is 17.6 Å². The van der Waals surface area contributed by atoms with Crippen LogP contribution >= 0.6 is 0 Å². The fourth-order valence-electron chi connectivity index (χ4n) is 1.28. The zero-order valence-electron chi connectivity index (χ0n) is 7.92. The first-order chi connectivity index (χ1) is 6.79. The Labute approximate surface area is 82.1 Å². The average molecular weight is 190 g/mol. The predicted octanol–water partition coefficient (Wildman–Crippen LogP) is 0.487. The highest BCUT2D eigenvalue weighted by Gasteiger charge is 2.03. The summed E-state index contributed by atoms with van der Waals surface area (Å²) in [6, 6.07) is 7.77. The van der Waals surface area contributed by atoms with Crippen LogP contribution in [-0.4, -0.2) is 11.8 Å². The van der Waals surface area contributed by atoms with Crippen LogP contribution in [0, 0.1) is 0 Å². The molecule has 2 N–H and O–H groups in total. The lowest BCUT2D eigenvalue weighted by molar-refractivity contribution is -0.595. The highest BCUT2D eigenvalue weighted by atomic mass is 16.5. The molecule has 0 aliphatic heterocycles. The maximum atomic E-state index is 5.54. The third kappa shape index (κ3) is 1.54. The number of methoxy groups -OCH3 is 1. The van der Waals surface area contributed by atoms with Gasteiger partial charge in [0.15, 0.2) is 6.20 Å². The average Bonchev–Trinajstić information content (AvgIpc) is 2.65. The molecule has 4 heteroatoms. The second-order valence-electron chi connectivity index (χ2n) is 2.97. The molecule has 0 saturated heterocycles. The summed E-state index contributed by atoms with van der Waals surface area (Å²) >= 11 is 0. The van der Waals surface area contributed by atoms with Crippen LogP contribution in [0.5, 0.6) is 5.75 Å². The van der Waals surface area contributed by atoms with Gasteiger partial charge in [-0.25, -0.2) is 4.57 Å². The molecule has 2 rings (SSSR count). The molecule has 0 aliphatic rings. The molecule has 0 fully saturated rings. The van der Waals surface area contributed by atoms with E-state index in [0.717, 1.165) is 11.4 Å². The number of hydrogen-bond acceptors (Lipinski definition) is 2.